The molecule has 0 radical (unpaired) electrons. The molecule has 4 nitrogen and oxygen atoms in total. The number of carbonyl (C=O) groups excluding carboxylic acids is 2. The Labute approximate surface area is 106 Å². The second-order valence-corrected chi connectivity index (χ2v) is 4.33. The van der Waals surface area contributed by atoms with Crippen molar-refractivity contribution in [1.82, 2.24) is 0 Å². The highest BCUT2D eigenvalue weighted by atomic mass is 16.2. The summed E-state index contributed by atoms with van der Waals surface area (Å²) in [5.74, 6) is -0.167. The van der Waals surface area contributed by atoms with Crippen molar-refractivity contribution in [3.05, 3.63) is 36.4 Å². The number of anilines is 2. The summed E-state index contributed by atoms with van der Waals surface area (Å²) in [6, 6.07) is 7.20. The zero-order valence-electron chi connectivity index (χ0n) is 10.5. The largest absolute Gasteiger partial charge is 0.324 e. The summed E-state index contributed by atoms with van der Waals surface area (Å²) in [6.45, 7) is 3.68. The standard InChI is InChI=1S/C14H16N2O2/c1-3-6-14(18)16-10(2)9-13(17)15-11-7-4-5-8-12(11)16/h3-8,10H,9H2,1-2H3,(H,15,17)/b6-3-. The number of nitrogens with zero attached hydrogens (tertiary/aromatic N) is 1. The van der Waals surface area contributed by atoms with Gasteiger partial charge in [-0.2, -0.15) is 0 Å². The molecule has 0 spiro atoms. The smallest absolute Gasteiger partial charge is 0.250 e. The van der Waals surface area contributed by atoms with Crippen LogP contribution in [-0.4, -0.2) is 17.9 Å². The molecule has 0 saturated heterocycles. The zero-order valence-corrected chi connectivity index (χ0v) is 10.5. The van der Waals surface area contributed by atoms with Crippen LogP contribution in [0, 0.1) is 0 Å². The van der Waals surface area contributed by atoms with E-state index >= 15 is 0 Å². The third-order valence-corrected chi connectivity index (χ3v) is 2.91. The first kappa shape index (κ1) is 12.4. The molecule has 0 bridgehead atoms. The van der Waals surface area contributed by atoms with E-state index in [1.807, 2.05) is 25.1 Å². The van der Waals surface area contributed by atoms with E-state index in [0.717, 1.165) is 5.69 Å². The second-order valence-electron chi connectivity index (χ2n) is 4.33. The third kappa shape index (κ3) is 2.27. The van der Waals surface area contributed by atoms with Gasteiger partial charge in [0.05, 0.1) is 11.4 Å². The average molecular weight is 244 g/mol. The highest BCUT2D eigenvalue weighted by Gasteiger charge is 2.28. The van der Waals surface area contributed by atoms with Gasteiger partial charge in [-0.25, -0.2) is 0 Å². The summed E-state index contributed by atoms with van der Waals surface area (Å²) in [7, 11) is 0. The van der Waals surface area contributed by atoms with Crippen molar-refractivity contribution in [3.63, 3.8) is 0 Å². The molecule has 1 aliphatic heterocycles. The number of amides is 2. The molecule has 1 atom stereocenters. The molecule has 1 unspecified atom stereocenters. The van der Waals surface area contributed by atoms with Crippen molar-refractivity contribution in [3.8, 4) is 0 Å². The summed E-state index contributed by atoms with van der Waals surface area (Å²) in [5, 5.41) is 2.82. The molecule has 18 heavy (non-hydrogen) atoms. The molecule has 1 aromatic rings. The van der Waals surface area contributed by atoms with Crippen LogP contribution in [-0.2, 0) is 9.59 Å². The number of nitrogens with one attached hydrogen (secondary N) is 1. The highest BCUT2D eigenvalue weighted by molar-refractivity contribution is 6.08. The number of hydrogen-bond donors (Lipinski definition) is 1. The van der Waals surface area contributed by atoms with Gasteiger partial charge in [0, 0.05) is 12.5 Å². The van der Waals surface area contributed by atoms with Gasteiger partial charge in [-0.3, -0.25) is 9.59 Å². The third-order valence-electron chi connectivity index (χ3n) is 2.91. The lowest BCUT2D eigenvalue weighted by Gasteiger charge is -2.26. The lowest BCUT2D eigenvalue weighted by atomic mass is 10.1. The van der Waals surface area contributed by atoms with Crippen LogP contribution in [0.3, 0.4) is 0 Å². The van der Waals surface area contributed by atoms with E-state index in [4.69, 9.17) is 0 Å². The predicted octanol–water partition coefficient (Wildman–Crippen LogP) is 2.33. The second kappa shape index (κ2) is 5.04. The molecule has 0 fully saturated rings. The topological polar surface area (TPSA) is 49.4 Å². The molecule has 0 saturated carbocycles. The number of carbonyl (C=O) groups is 2. The summed E-state index contributed by atoms with van der Waals surface area (Å²) in [5.41, 5.74) is 1.43. The number of rotatable bonds is 1. The average Bonchev–Trinajstić information content (AvgIpc) is 2.43. The molecule has 1 N–H and O–H groups in total. The number of para-hydroxylation sites is 2. The van der Waals surface area contributed by atoms with Crippen LogP contribution in [0.5, 0.6) is 0 Å². The maximum Gasteiger partial charge on any atom is 0.250 e. The van der Waals surface area contributed by atoms with Crippen LogP contribution in [0.15, 0.2) is 36.4 Å². The van der Waals surface area contributed by atoms with E-state index in [9.17, 15) is 9.59 Å². The Kier molecular flexibility index (Phi) is 3.46. The Morgan fingerprint density at radius 2 is 2.17 bits per heavy atom. The molecule has 0 aromatic heterocycles. The van der Waals surface area contributed by atoms with E-state index in [1.165, 1.54) is 6.08 Å². The van der Waals surface area contributed by atoms with Gasteiger partial charge in [0.2, 0.25) is 5.91 Å². The molecule has 1 aromatic carbocycles. The minimum atomic E-state index is -0.155. The maximum atomic E-state index is 12.1. The van der Waals surface area contributed by atoms with Gasteiger partial charge in [0.25, 0.3) is 5.91 Å². The molecule has 94 valence electrons. The fraction of sp³-hybridized carbons (Fsp3) is 0.286. The van der Waals surface area contributed by atoms with Gasteiger partial charge in [-0.1, -0.05) is 18.2 Å². The molecular weight excluding hydrogens is 228 g/mol. The van der Waals surface area contributed by atoms with Gasteiger partial charge >= 0.3 is 0 Å². The van der Waals surface area contributed by atoms with E-state index < -0.39 is 0 Å². The normalized spacial score (nSPS) is 19.3. The number of allylic oxidation sites excluding steroid dienone is 1. The fourth-order valence-corrected chi connectivity index (χ4v) is 2.15. The first-order chi connectivity index (χ1) is 8.63. The van der Waals surface area contributed by atoms with Crippen molar-refractivity contribution < 1.29 is 9.59 Å². The van der Waals surface area contributed by atoms with Gasteiger partial charge in [0.1, 0.15) is 0 Å². The van der Waals surface area contributed by atoms with E-state index in [1.54, 1.807) is 24.0 Å². The molecular formula is C14H16N2O2. The Bertz CT molecular complexity index is 508. The summed E-state index contributed by atoms with van der Waals surface area (Å²) < 4.78 is 0. The van der Waals surface area contributed by atoms with Crippen LogP contribution in [0.2, 0.25) is 0 Å². The van der Waals surface area contributed by atoms with Crippen LogP contribution < -0.4 is 10.2 Å². The Balaban J connectivity index is 2.49. The summed E-state index contributed by atoms with van der Waals surface area (Å²) >= 11 is 0. The van der Waals surface area contributed by atoms with Crippen LogP contribution in [0.4, 0.5) is 11.4 Å². The SMILES string of the molecule is C/C=C\C(=O)N1c2ccccc2NC(=O)CC1C. The maximum absolute atomic E-state index is 12.1. The van der Waals surface area contributed by atoms with Gasteiger partial charge < -0.3 is 10.2 Å². The van der Waals surface area contributed by atoms with Crippen LogP contribution in [0.25, 0.3) is 0 Å². The van der Waals surface area contributed by atoms with Crippen LogP contribution >= 0.6 is 0 Å². The van der Waals surface area contributed by atoms with Crippen molar-refractivity contribution in [2.24, 2.45) is 0 Å². The van der Waals surface area contributed by atoms with Crippen LogP contribution in [0.1, 0.15) is 20.3 Å². The molecule has 0 aliphatic carbocycles. The summed E-state index contributed by atoms with van der Waals surface area (Å²) in [4.78, 5) is 25.5. The Morgan fingerprint density at radius 1 is 1.44 bits per heavy atom. The summed E-state index contributed by atoms with van der Waals surface area (Å²) in [6.07, 6.45) is 3.53. The van der Waals surface area contributed by atoms with Gasteiger partial charge in [0.15, 0.2) is 0 Å². The monoisotopic (exact) mass is 244 g/mol. The zero-order chi connectivity index (χ0) is 13.1. The van der Waals surface area contributed by atoms with Crippen molar-refractivity contribution in [2.75, 3.05) is 10.2 Å². The molecule has 2 rings (SSSR count). The van der Waals surface area contributed by atoms with Gasteiger partial charge in [-0.05, 0) is 32.1 Å². The Morgan fingerprint density at radius 3 is 2.89 bits per heavy atom. The van der Waals surface area contributed by atoms with E-state index in [2.05, 4.69) is 5.32 Å². The Hall–Kier alpha value is -2.10. The van der Waals surface area contributed by atoms with Crippen molar-refractivity contribution in [2.45, 2.75) is 26.3 Å². The molecule has 2 amide bonds. The fourth-order valence-electron chi connectivity index (χ4n) is 2.15. The van der Waals surface area contributed by atoms with Crippen molar-refractivity contribution >= 4 is 23.2 Å². The molecule has 1 aliphatic rings. The quantitative estimate of drug-likeness (QED) is 0.771. The first-order valence-electron chi connectivity index (χ1n) is 5.98. The number of benzene rings is 1. The van der Waals surface area contributed by atoms with Crippen molar-refractivity contribution in [1.29, 1.82) is 0 Å². The molecule has 1 heterocycles. The first-order valence-corrected chi connectivity index (χ1v) is 5.98. The lowest BCUT2D eigenvalue weighted by molar-refractivity contribution is -0.116. The lowest BCUT2D eigenvalue weighted by Crippen LogP contribution is -2.37. The minimum absolute atomic E-state index is 0.0641. The minimum Gasteiger partial charge on any atom is -0.324 e. The number of fused-ring (bicyclic) bond motifs is 1. The predicted molar refractivity (Wildman–Crippen MR) is 71.5 cm³/mol. The van der Waals surface area contributed by atoms with Gasteiger partial charge in [-0.15, -0.1) is 0 Å². The van der Waals surface area contributed by atoms with E-state index in [-0.39, 0.29) is 17.9 Å². The highest BCUT2D eigenvalue weighted by Crippen LogP contribution is 2.31. The molecule has 4 heteroatoms. The van der Waals surface area contributed by atoms with E-state index in [0.29, 0.717) is 12.1 Å². The number of hydrogen-bond acceptors (Lipinski definition) is 2.